The van der Waals surface area contributed by atoms with Gasteiger partial charge < -0.3 is 24.6 Å². The molecule has 2 N–H and O–H groups in total. The van der Waals surface area contributed by atoms with Crippen LogP contribution >= 0.6 is 0 Å². The lowest BCUT2D eigenvalue weighted by Crippen LogP contribution is -3.10. The highest BCUT2D eigenvalue weighted by molar-refractivity contribution is 5.95. The number of anilines is 1. The third-order valence-corrected chi connectivity index (χ3v) is 4.57. The molecule has 0 radical (unpaired) electrons. The molecule has 7 nitrogen and oxygen atoms in total. The second-order valence-electron chi connectivity index (χ2n) is 7.15. The van der Waals surface area contributed by atoms with Crippen LogP contribution in [-0.2, 0) is 11.2 Å². The molecule has 2 aromatic carbocycles. The molecule has 7 heteroatoms. The van der Waals surface area contributed by atoms with Gasteiger partial charge in [-0.1, -0.05) is 6.07 Å². The summed E-state index contributed by atoms with van der Waals surface area (Å²) in [5.74, 6) is 1.27. The van der Waals surface area contributed by atoms with Crippen LogP contribution in [0.1, 0.15) is 15.9 Å². The molecule has 0 saturated carbocycles. The quantitative estimate of drug-likeness (QED) is 0.661. The first-order valence-corrected chi connectivity index (χ1v) is 9.47. The highest BCUT2D eigenvalue weighted by Crippen LogP contribution is 2.27. The van der Waals surface area contributed by atoms with E-state index in [1.165, 1.54) is 4.90 Å². The normalized spacial score (nSPS) is 11.5. The summed E-state index contributed by atoms with van der Waals surface area (Å²) in [6.45, 7) is 1.16. The van der Waals surface area contributed by atoms with Gasteiger partial charge in [-0.15, -0.1) is 0 Å². The Balaban J connectivity index is 1.84. The molecule has 0 fully saturated rings. The van der Waals surface area contributed by atoms with E-state index in [0.717, 1.165) is 23.4 Å². The smallest absolute Gasteiger partial charge is 0.279 e. The molecule has 0 saturated heterocycles. The molecule has 0 spiro atoms. The van der Waals surface area contributed by atoms with Gasteiger partial charge in [0.2, 0.25) is 0 Å². The van der Waals surface area contributed by atoms with Crippen molar-refractivity contribution >= 4 is 17.5 Å². The third kappa shape index (κ3) is 6.50. The van der Waals surface area contributed by atoms with Gasteiger partial charge in [0.25, 0.3) is 11.8 Å². The predicted octanol–water partition coefficient (Wildman–Crippen LogP) is 1.10. The standard InChI is InChI=1S/C22H29N3O4/c1-24(2)22(27)17-7-9-18(10-8-17)23-21(26)15-25(3)13-12-16-6-11-19(28-4)20(14-16)29-5/h6-11,14H,12-13,15H2,1-5H3,(H,23,26)/p+1. The second-order valence-corrected chi connectivity index (χ2v) is 7.15. The average molecular weight is 400 g/mol. The number of hydrogen-bond acceptors (Lipinski definition) is 4. The van der Waals surface area contributed by atoms with Crippen LogP contribution < -0.4 is 19.7 Å². The number of rotatable bonds is 9. The number of methoxy groups -OCH3 is 2. The van der Waals surface area contributed by atoms with E-state index in [1.54, 1.807) is 52.6 Å². The van der Waals surface area contributed by atoms with Crippen LogP contribution in [0.2, 0.25) is 0 Å². The fourth-order valence-electron chi connectivity index (χ4n) is 2.92. The van der Waals surface area contributed by atoms with Gasteiger partial charge >= 0.3 is 0 Å². The molecule has 2 rings (SSSR count). The van der Waals surface area contributed by atoms with E-state index in [-0.39, 0.29) is 11.8 Å². The third-order valence-electron chi connectivity index (χ3n) is 4.57. The van der Waals surface area contributed by atoms with E-state index >= 15 is 0 Å². The Morgan fingerprint density at radius 1 is 1.00 bits per heavy atom. The summed E-state index contributed by atoms with van der Waals surface area (Å²) >= 11 is 0. The van der Waals surface area contributed by atoms with Crippen molar-refractivity contribution in [3.8, 4) is 11.5 Å². The Morgan fingerprint density at radius 3 is 2.24 bits per heavy atom. The lowest BCUT2D eigenvalue weighted by Gasteiger charge is -2.15. The van der Waals surface area contributed by atoms with Crippen LogP contribution in [0.25, 0.3) is 0 Å². The molecule has 0 aliphatic heterocycles. The van der Waals surface area contributed by atoms with Gasteiger partial charge in [-0.3, -0.25) is 9.59 Å². The molecule has 1 unspecified atom stereocenters. The van der Waals surface area contributed by atoms with Crippen molar-refractivity contribution in [2.75, 3.05) is 53.8 Å². The maximum Gasteiger partial charge on any atom is 0.279 e. The number of benzene rings is 2. The number of carbonyl (C=O) groups is 2. The predicted molar refractivity (Wildman–Crippen MR) is 113 cm³/mol. The van der Waals surface area contributed by atoms with Gasteiger partial charge in [0.15, 0.2) is 18.0 Å². The molecule has 0 aliphatic carbocycles. The summed E-state index contributed by atoms with van der Waals surface area (Å²) < 4.78 is 10.6. The minimum absolute atomic E-state index is 0.0674. The molecule has 156 valence electrons. The van der Waals surface area contributed by atoms with Crippen LogP contribution in [-0.4, -0.2) is 65.2 Å². The molecule has 1 atom stereocenters. The molecule has 0 bridgehead atoms. The molecule has 0 aliphatic rings. The van der Waals surface area contributed by atoms with Crippen LogP contribution in [0, 0.1) is 0 Å². The monoisotopic (exact) mass is 400 g/mol. The number of carbonyl (C=O) groups excluding carboxylic acids is 2. The molecular weight excluding hydrogens is 370 g/mol. The number of hydrogen-bond donors (Lipinski definition) is 2. The molecule has 2 amide bonds. The van der Waals surface area contributed by atoms with Gasteiger partial charge in [-0.2, -0.15) is 0 Å². The molecule has 2 aromatic rings. The van der Waals surface area contributed by atoms with Crippen molar-refractivity contribution in [3.63, 3.8) is 0 Å². The summed E-state index contributed by atoms with van der Waals surface area (Å²) in [6, 6.07) is 12.8. The Hall–Kier alpha value is -3.06. The molecule has 0 aromatic heterocycles. The van der Waals surface area contributed by atoms with Crippen molar-refractivity contribution in [1.29, 1.82) is 0 Å². The van der Waals surface area contributed by atoms with Crippen LogP contribution in [0.4, 0.5) is 5.69 Å². The Morgan fingerprint density at radius 2 is 1.66 bits per heavy atom. The molecule has 29 heavy (non-hydrogen) atoms. The largest absolute Gasteiger partial charge is 0.493 e. The zero-order valence-corrected chi connectivity index (χ0v) is 17.7. The number of nitrogens with one attached hydrogen (secondary N) is 2. The average Bonchev–Trinajstić information content (AvgIpc) is 2.71. The number of likely N-dealkylation sites (N-methyl/N-ethyl adjacent to an activating group) is 1. The van der Waals surface area contributed by atoms with Crippen molar-refractivity contribution < 1.29 is 24.0 Å². The van der Waals surface area contributed by atoms with Crippen LogP contribution in [0.3, 0.4) is 0 Å². The van der Waals surface area contributed by atoms with Gasteiger partial charge in [-0.25, -0.2) is 0 Å². The first-order valence-electron chi connectivity index (χ1n) is 9.47. The van der Waals surface area contributed by atoms with E-state index in [9.17, 15) is 9.59 Å². The Labute approximate surface area is 172 Å². The van der Waals surface area contributed by atoms with E-state index < -0.39 is 0 Å². The van der Waals surface area contributed by atoms with Crippen molar-refractivity contribution in [2.24, 2.45) is 0 Å². The molecule has 0 heterocycles. The zero-order chi connectivity index (χ0) is 21.4. The highest BCUT2D eigenvalue weighted by Gasteiger charge is 2.13. The van der Waals surface area contributed by atoms with Gasteiger partial charge in [0.05, 0.1) is 27.8 Å². The lowest BCUT2D eigenvalue weighted by atomic mass is 10.1. The number of amides is 2. The van der Waals surface area contributed by atoms with E-state index in [4.69, 9.17) is 9.47 Å². The van der Waals surface area contributed by atoms with Crippen molar-refractivity contribution in [1.82, 2.24) is 4.90 Å². The second kappa shape index (κ2) is 10.5. The number of quaternary nitrogens is 1. The molecular formula is C22H30N3O4+. The summed E-state index contributed by atoms with van der Waals surface area (Å²) in [5.41, 5.74) is 2.40. The first kappa shape index (κ1) is 22.2. The fraction of sp³-hybridized carbons (Fsp3) is 0.364. The van der Waals surface area contributed by atoms with Crippen LogP contribution in [0.15, 0.2) is 42.5 Å². The SMILES string of the molecule is COc1ccc(CC[NH+](C)CC(=O)Nc2ccc(C(=O)N(C)C)cc2)cc1OC. The summed E-state index contributed by atoms with van der Waals surface area (Å²) in [7, 11) is 8.63. The zero-order valence-electron chi connectivity index (χ0n) is 17.7. The minimum Gasteiger partial charge on any atom is -0.493 e. The fourth-order valence-corrected chi connectivity index (χ4v) is 2.92. The summed E-state index contributed by atoms with van der Waals surface area (Å²) in [6.07, 6.45) is 0.820. The van der Waals surface area contributed by atoms with Gasteiger partial charge in [0.1, 0.15) is 0 Å². The van der Waals surface area contributed by atoms with E-state index in [1.807, 2.05) is 25.2 Å². The van der Waals surface area contributed by atoms with E-state index in [2.05, 4.69) is 5.32 Å². The highest BCUT2D eigenvalue weighted by atomic mass is 16.5. The van der Waals surface area contributed by atoms with Crippen LogP contribution in [0.5, 0.6) is 11.5 Å². The van der Waals surface area contributed by atoms with Gasteiger partial charge in [0, 0.05) is 31.8 Å². The van der Waals surface area contributed by atoms with Gasteiger partial charge in [-0.05, 0) is 42.0 Å². The number of nitrogens with zero attached hydrogens (tertiary/aromatic N) is 1. The topological polar surface area (TPSA) is 72.3 Å². The summed E-state index contributed by atoms with van der Waals surface area (Å²) in [4.78, 5) is 26.8. The van der Waals surface area contributed by atoms with E-state index in [0.29, 0.717) is 29.3 Å². The lowest BCUT2D eigenvalue weighted by molar-refractivity contribution is -0.870. The maximum atomic E-state index is 12.3. The maximum absolute atomic E-state index is 12.3. The minimum atomic E-state index is -0.0681. The first-order chi connectivity index (χ1) is 13.8. The Kier molecular flexibility index (Phi) is 8.03. The van der Waals surface area contributed by atoms with Crippen molar-refractivity contribution in [3.05, 3.63) is 53.6 Å². The Bertz CT molecular complexity index is 834. The summed E-state index contributed by atoms with van der Waals surface area (Å²) in [5, 5.41) is 2.88. The van der Waals surface area contributed by atoms with Crippen molar-refractivity contribution in [2.45, 2.75) is 6.42 Å². The number of ether oxygens (including phenoxy) is 2.